The van der Waals surface area contributed by atoms with Gasteiger partial charge in [0.05, 0.1) is 4.92 Å². The lowest BCUT2D eigenvalue weighted by atomic mass is 10.2. The van der Waals surface area contributed by atoms with Crippen LogP contribution < -0.4 is 10.5 Å². The topological polar surface area (TPSA) is 98.7 Å². The number of ether oxygens (including phenoxy) is 1. The van der Waals surface area contributed by atoms with Gasteiger partial charge in [0.15, 0.2) is 12.4 Å². The Kier molecular flexibility index (Phi) is 9.11. The number of nitro benzene ring substituents is 1. The average molecular weight is 380 g/mol. The Morgan fingerprint density at radius 2 is 1.77 bits per heavy atom. The fourth-order valence-electron chi connectivity index (χ4n) is 2.34. The van der Waals surface area contributed by atoms with Gasteiger partial charge >= 0.3 is 5.69 Å². The van der Waals surface area contributed by atoms with E-state index in [2.05, 4.69) is 0 Å². The van der Waals surface area contributed by atoms with Crippen LogP contribution in [0.1, 0.15) is 12.0 Å². The molecule has 2 rings (SSSR count). The Morgan fingerprint density at radius 3 is 2.42 bits per heavy atom. The highest BCUT2D eigenvalue weighted by Crippen LogP contribution is 2.25. The first-order valence-electron chi connectivity index (χ1n) is 8.00. The normalized spacial score (nSPS) is 9.88. The van der Waals surface area contributed by atoms with Gasteiger partial charge in [-0.05, 0) is 24.6 Å². The van der Waals surface area contributed by atoms with E-state index in [0.717, 1.165) is 5.56 Å². The molecular formula is C18H22ClN3O4. The van der Waals surface area contributed by atoms with Gasteiger partial charge in [-0.25, -0.2) is 0 Å². The summed E-state index contributed by atoms with van der Waals surface area (Å²) < 4.78 is 5.39. The van der Waals surface area contributed by atoms with Crippen LogP contribution in [0.3, 0.4) is 0 Å². The van der Waals surface area contributed by atoms with Gasteiger partial charge in [-0.15, -0.1) is 12.4 Å². The minimum Gasteiger partial charge on any atom is -0.477 e. The largest absolute Gasteiger partial charge is 0.477 e. The first-order valence-corrected chi connectivity index (χ1v) is 8.00. The number of amides is 1. The maximum atomic E-state index is 12.5. The summed E-state index contributed by atoms with van der Waals surface area (Å²) in [4.78, 5) is 24.6. The third-order valence-electron chi connectivity index (χ3n) is 3.61. The van der Waals surface area contributed by atoms with Crippen molar-refractivity contribution in [1.29, 1.82) is 0 Å². The molecule has 0 atom stereocenters. The molecule has 1 amide bonds. The number of halogens is 1. The Hall–Kier alpha value is -2.64. The predicted molar refractivity (Wildman–Crippen MR) is 101 cm³/mol. The zero-order valence-corrected chi connectivity index (χ0v) is 15.1. The van der Waals surface area contributed by atoms with Crippen molar-refractivity contribution in [2.24, 2.45) is 5.73 Å². The third kappa shape index (κ3) is 6.34. The second-order valence-electron chi connectivity index (χ2n) is 5.46. The van der Waals surface area contributed by atoms with Gasteiger partial charge in [0.1, 0.15) is 0 Å². The summed E-state index contributed by atoms with van der Waals surface area (Å²) in [5, 5.41) is 11.0. The van der Waals surface area contributed by atoms with E-state index in [1.807, 2.05) is 30.3 Å². The number of benzene rings is 2. The first kappa shape index (κ1) is 21.4. The van der Waals surface area contributed by atoms with Crippen molar-refractivity contribution in [3.63, 3.8) is 0 Å². The smallest absolute Gasteiger partial charge is 0.310 e. The standard InChI is InChI=1S/C18H21N3O4.ClH/c19-11-6-12-20(13-15-7-2-1-3-8-15)18(22)14-25-17-10-5-4-9-16(17)21(23)24;/h1-5,7-10H,6,11-14,19H2;1H. The molecule has 2 aromatic carbocycles. The SMILES string of the molecule is Cl.NCCCN(Cc1ccccc1)C(=O)COc1ccccc1[N+](=O)[O-]. The Balaban J connectivity index is 0.00000338. The van der Waals surface area contributed by atoms with Crippen LogP contribution in [0.15, 0.2) is 54.6 Å². The van der Waals surface area contributed by atoms with Crippen molar-refractivity contribution in [3.05, 3.63) is 70.3 Å². The zero-order valence-electron chi connectivity index (χ0n) is 14.2. The molecule has 0 aliphatic carbocycles. The van der Waals surface area contributed by atoms with E-state index in [1.165, 1.54) is 12.1 Å². The maximum Gasteiger partial charge on any atom is 0.310 e. The van der Waals surface area contributed by atoms with Crippen molar-refractivity contribution in [3.8, 4) is 5.75 Å². The summed E-state index contributed by atoms with van der Waals surface area (Å²) in [7, 11) is 0. The molecule has 26 heavy (non-hydrogen) atoms. The number of nitrogens with zero attached hydrogens (tertiary/aromatic N) is 2. The molecule has 0 aliphatic rings. The summed E-state index contributed by atoms with van der Waals surface area (Å²) >= 11 is 0. The molecule has 0 fully saturated rings. The summed E-state index contributed by atoms with van der Waals surface area (Å²) in [5.41, 5.74) is 6.38. The van der Waals surface area contributed by atoms with E-state index in [4.69, 9.17) is 10.5 Å². The Bertz CT molecular complexity index is 713. The summed E-state index contributed by atoms with van der Waals surface area (Å²) in [5.74, 6) is -0.158. The highest BCUT2D eigenvalue weighted by Gasteiger charge is 2.18. The average Bonchev–Trinajstić information content (AvgIpc) is 2.64. The maximum absolute atomic E-state index is 12.5. The molecule has 0 aliphatic heterocycles. The van der Waals surface area contributed by atoms with E-state index >= 15 is 0 Å². The number of rotatable bonds is 9. The van der Waals surface area contributed by atoms with Crippen LogP contribution in [0.25, 0.3) is 0 Å². The lowest BCUT2D eigenvalue weighted by Gasteiger charge is -2.22. The number of carbonyl (C=O) groups excluding carboxylic acids is 1. The summed E-state index contributed by atoms with van der Waals surface area (Å²) in [6.45, 7) is 1.16. The van der Waals surface area contributed by atoms with Crippen molar-refractivity contribution < 1.29 is 14.5 Å². The number of nitro groups is 1. The number of hydrogen-bond acceptors (Lipinski definition) is 5. The number of nitrogens with two attached hydrogens (primary N) is 1. The monoisotopic (exact) mass is 379 g/mol. The van der Waals surface area contributed by atoms with Crippen LogP contribution in [0.4, 0.5) is 5.69 Å². The number of carbonyl (C=O) groups is 1. The zero-order chi connectivity index (χ0) is 18.1. The molecule has 7 nitrogen and oxygen atoms in total. The molecule has 0 bridgehead atoms. The molecule has 2 N–H and O–H groups in total. The van der Waals surface area contributed by atoms with Crippen molar-refractivity contribution >= 4 is 24.0 Å². The minimum atomic E-state index is -0.532. The number of hydrogen-bond donors (Lipinski definition) is 1. The Morgan fingerprint density at radius 1 is 1.12 bits per heavy atom. The van der Waals surface area contributed by atoms with E-state index < -0.39 is 4.92 Å². The fraction of sp³-hybridized carbons (Fsp3) is 0.278. The highest BCUT2D eigenvalue weighted by molar-refractivity contribution is 5.85. The molecule has 0 saturated carbocycles. The first-order chi connectivity index (χ1) is 12.1. The molecule has 0 radical (unpaired) electrons. The molecule has 0 unspecified atom stereocenters. The summed E-state index contributed by atoms with van der Waals surface area (Å²) in [6.07, 6.45) is 0.671. The van der Waals surface area contributed by atoms with Crippen molar-refractivity contribution in [1.82, 2.24) is 4.90 Å². The number of para-hydroxylation sites is 2. The summed E-state index contributed by atoms with van der Waals surface area (Å²) in [6, 6.07) is 15.6. The molecule has 0 heterocycles. The molecular weight excluding hydrogens is 358 g/mol. The molecule has 2 aromatic rings. The van der Waals surface area contributed by atoms with Crippen LogP contribution in [0, 0.1) is 10.1 Å². The van der Waals surface area contributed by atoms with Crippen LogP contribution >= 0.6 is 12.4 Å². The molecule has 8 heteroatoms. The lowest BCUT2D eigenvalue weighted by molar-refractivity contribution is -0.385. The molecule has 0 spiro atoms. The second-order valence-corrected chi connectivity index (χ2v) is 5.46. The van der Waals surface area contributed by atoms with Gasteiger partial charge < -0.3 is 15.4 Å². The van der Waals surface area contributed by atoms with Gasteiger partial charge in [-0.2, -0.15) is 0 Å². The highest BCUT2D eigenvalue weighted by atomic mass is 35.5. The van der Waals surface area contributed by atoms with Gasteiger partial charge in [0.25, 0.3) is 5.91 Å². The van der Waals surface area contributed by atoms with Gasteiger partial charge in [-0.1, -0.05) is 42.5 Å². The van der Waals surface area contributed by atoms with Gasteiger partial charge in [0.2, 0.25) is 0 Å². The quantitative estimate of drug-likeness (QED) is 0.533. The Labute approximate surface area is 158 Å². The molecule has 0 saturated heterocycles. The van der Waals surface area contributed by atoms with Crippen molar-refractivity contribution in [2.45, 2.75) is 13.0 Å². The van der Waals surface area contributed by atoms with E-state index in [-0.39, 0.29) is 36.4 Å². The minimum absolute atomic E-state index is 0. The molecule has 0 aromatic heterocycles. The van der Waals surface area contributed by atoms with Crippen LogP contribution in [-0.2, 0) is 11.3 Å². The van der Waals surface area contributed by atoms with Crippen molar-refractivity contribution in [2.75, 3.05) is 19.7 Å². The van der Waals surface area contributed by atoms with Gasteiger partial charge in [0, 0.05) is 19.2 Å². The van der Waals surface area contributed by atoms with Crippen LogP contribution in [-0.4, -0.2) is 35.4 Å². The predicted octanol–water partition coefficient (Wildman–Crippen LogP) is 2.77. The second kappa shape index (κ2) is 11.1. The lowest BCUT2D eigenvalue weighted by Crippen LogP contribution is -2.36. The van der Waals surface area contributed by atoms with E-state index in [0.29, 0.717) is 26.1 Å². The van der Waals surface area contributed by atoms with Gasteiger partial charge in [-0.3, -0.25) is 14.9 Å². The van der Waals surface area contributed by atoms with Crippen LogP contribution in [0.5, 0.6) is 5.75 Å². The van der Waals surface area contributed by atoms with E-state index in [9.17, 15) is 14.9 Å². The fourth-order valence-corrected chi connectivity index (χ4v) is 2.34. The van der Waals surface area contributed by atoms with Crippen LogP contribution in [0.2, 0.25) is 0 Å². The third-order valence-corrected chi connectivity index (χ3v) is 3.61. The van der Waals surface area contributed by atoms with E-state index in [1.54, 1.807) is 17.0 Å². The molecule has 140 valence electrons.